The zero-order valence-electron chi connectivity index (χ0n) is 8.90. The third-order valence-corrected chi connectivity index (χ3v) is 0.358. The van der Waals surface area contributed by atoms with Crippen LogP contribution in [0.25, 0.3) is 0 Å². The van der Waals surface area contributed by atoms with E-state index >= 15 is 0 Å². The molecule has 3 N–H and O–H groups in total. The van der Waals surface area contributed by atoms with E-state index < -0.39 is 13.3 Å². The first kappa shape index (κ1) is 2.67. The predicted molar refractivity (Wildman–Crippen MR) is 34.8 cm³/mol. The molecule has 0 aromatic heterocycles. The maximum atomic E-state index is 7.02. The van der Waals surface area contributed by atoms with Gasteiger partial charge in [-0.3, -0.25) is 0 Å². The zero-order valence-corrected chi connectivity index (χ0v) is 4.72. The Labute approximate surface area is 57.9 Å². The minimum Gasteiger partial charge on any atom is -0.329 e. The first-order chi connectivity index (χ1) is 4.81. The smallest absolute Gasteiger partial charge is 0.0425 e. The molecule has 0 aliphatic carbocycles. The number of halogens is 1. The standard InChI is InChI=1S/C4H12N2.ClH/c1-2-6-4-3-5;/h6H,2-5H2,1H3;1H/i1D3,2D2;. The van der Waals surface area contributed by atoms with Crippen molar-refractivity contribution in [3.8, 4) is 0 Å². The van der Waals surface area contributed by atoms with E-state index in [2.05, 4.69) is 5.32 Å². The molecule has 0 aromatic carbocycles. The number of nitrogens with one attached hydrogen (secondary N) is 1. The average molecular weight is 130 g/mol. The molecule has 0 heterocycles. The van der Waals surface area contributed by atoms with E-state index in [9.17, 15) is 0 Å². The van der Waals surface area contributed by atoms with Gasteiger partial charge >= 0.3 is 0 Å². The SMILES string of the molecule is Cl.[2H]C([2H])([2H])C([2H])([2H])NCCN. The van der Waals surface area contributed by atoms with Crippen LogP contribution in [0.2, 0.25) is 0 Å². The highest BCUT2D eigenvalue weighted by Crippen LogP contribution is 1.48. The van der Waals surface area contributed by atoms with Crippen molar-refractivity contribution in [3.05, 3.63) is 0 Å². The molecule has 0 saturated carbocycles. The lowest BCUT2D eigenvalue weighted by atomic mass is 10.6. The second-order valence-electron chi connectivity index (χ2n) is 0.840. The summed E-state index contributed by atoms with van der Waals surface area (Å²) in [6.45, 7) is -4.60. The van der Waals surface area contributed by atoms with Crippen LogP contribution in [0.1, 0.15) is 13.7 Å². The Balaban J connectivity index is 0. The van der Waals surface area contributed by atoms with Crippen molar-refractivity contribution in [2.24, 2.45) is 5.73 Å². The summed E-state index contributed by atoms with van der Waals surface area (Å²) in [5.41, 5.74) is 5.07. The van der Waals surface area contributed by atoms with Crippen molar-refractivity contribution in [1.29, 1.82) is 0 Å². The molecule has 0 aliphatic heterocycles. The van der Waals surface area contributed by atoms with Gasteiger partial charge in [-0.25, -0.2) is 0 Å². The van der Waals surface area contributed by atoms with Crippen molar-refractivity contribution < 1.29 is 6.85 Å². The van der Waals surface area contributed by atoms with E-state index in [1.165, 1.54) is 0 Å². The number of likely N-dealkylation sites (N-methyl/N-ethyl adjacent to an activating group) is 1. The van der Waals surface area contributed by atoms with Gasteiger partial charge in [0.25, 0.3) is 0 Å². The quantitative estimate of drug-likeness (QED) is 0.562. The zero-order chi connectivity index (χ0) is 9.12. The molecule has 0 atom stereocenters. The van der Waals surface area contributed by atoms with Gasteiger partial charge < -0.3 is 11.1 Å². The molecule has 0 amide bonds. The summed E-state index contributed by atoms with van der Waals surface area (Å²) in [6.07, 6.45) is 0. The second-order valence-corrected chi connectivity index (χ2v) is 0.840. The fourth-order valence-electron chi connectivity index (χ4n) is 0.135. The minimum atomic E-state index is -2.64. The van der Waals surface area contributed by atoms with E-state index in [1.807, 2.05) is 0 Å². The number of rotatable bonds is 3. The van der Waals surface area contributed by atoms with Gasteiger partial charge in [0.2, 0.25) is 0 Å². The summed E-state index contributed by atoms with van der Waals surface area (Å²) >= 11 is 0. The minimum absolute atomic E-state index is 0. The van der Waals surface area contributed by atoms with Gasteiger partial charge in [0.1, 0.15) is 0 Å². The van der Waals surface area contributed by atoms with Crippen molar-refractivity contribution in [1.82, 2.24) is 5.32 Å². The summed E-state index contributed by atoms with van der Waals surface area (Å²) in [5.74, 6) is 0. The Morgan fingerprint density at radius 3 is 3.14 bits per heavy atom. The van der Waals surface area contributed by atoms with E-state index in [0.717, 1.165) is 0 Å². The molecule has 0 aromatic rings. The molecule has 0 unspecified atom stereocenters. The van der Waals surface area contributed by atoms with Gasteiger partial charge in [-0.15, -0.1) is 12.4 Å². The largest absolute Gasteiger partial charge is 0.329 e. The van der Waals surface area contributed by atoms with Crippen LogP contribution in [0.3, 0.4) is 0 Å². The molecule has 0 rings (SSSR count). The Morgan fingerprint density at radius 2 is 2.71 bits per heavy atom. The monoisotopic (exact) mass is 129 g/mol. The maximum Gasteiger partial charge on any atom is 0.0425 e. The normalized spacial score (nSPS) is 22.1. The van der Waals surface area contributed by atoms with Crippen molar-refractivity contribution in [2.75, 3.05) is 19.6 Å². The number of hydrogen-bond donors (Lipinski definition) is 2. The summed E-state index contributed by atoms with van der Waals surface area (Å²) in [7, 11) is 0. The molecule has 0 saturated heterocycles. The Bertz CT molecular complexity index is 125. The molecule has 0 fully saturated rings. The lowest BCUT2D eigenvalue weighted by Gasteiger charge is -1.92. The van der Waals surface area contributed by atoms with Crippen LogP contribution in [0, 0.1) is 0 Å². The molecule has 7 heavy (non-hydrogen) atoms. The third-order valence-electron chi connectivity index (χ3n) is 0.358. The van der Waals surface area contributed by atoms with Gasteiger partial charge in [0.05, 0.1) is 0 Å². The third kappa shape index (κ3) is 10.7. The van der Waals surface area contributed by atoms with Crippen LogP contribution in [0.5, 0.6) is 0 Å². The molecule has 0 bridgehead atoms. The molecule has 0 radical (unpaired) electrons. The molecular weight excluding hydrogens is 112 g/mol. The molecule has 0 aliphatic rings. The molecule has 0 spiro atoms. The highest BCUT2D eigenvalue weighted by molar-refractivity contribution is 5.85. The number of nitrogens with two attached hydrogens (primary N) is 1. The molecule has 46 valence electrons. The molecular formula is C4H13ClN2. The Morgan fingerprint density at radius 1 is 2.00 bits per heavy atom. The van der Waals surface area contributed by atoms with E-state index in [4.69, 9.17) is 12.6 Å². The van der Waals surface area contributed by atoms with Crippen molar-refractivity contribution in [3.63, 3.8) is 0 Å². The Kier molecular flexibility index (Phi) is 3.62. The van der Waals surface area contributed by atoms with Crippen molar-refractivity contribution in [2.45, 2.75) is 6.85 Å². The summed E-state index contributed by atoms with van der Waals surface area (Å²) in [6, 6.07) is 0. The van der Waals surface area contributed by atoms with E-state index in [-0.39, 0.29) is 25.5 Å². The average Bonchev–Trinajstić information content (AvgIpc) is 1.81. The Hall–Kier alpha value is 0.210. The molecule has 2 nitrogen and oxygen atoms in total. The van der Waals surface area contributed by atoms with Gasteiger partial charge in [0.15, 0.2) is 0 Å². The van der Waals surface area contributed by atoms with Gasteiger partial charge in [0, 0.05) is 19.9 Å². The first-order valence-electron chi connectivity index (χ1n) is 4.26. The summed E-state index contributed by atoms with van der Waals surface area (Å²) in [5, 5.41) is 2.19. The van der Waals surface area contributed by atoms with E-state index in [1.54, 1.807) is 0 Å². The molecule has 3 heteroatoms. The van der Waals surface area contributed by atoms with Crippen LogP contribution < -0.4 is 11.1 Å². The van der Waals surface area contributed by atoms with Crippen LogP contribution in [-0.2, 0) is 0 Å². The second kappa shape index (κ2) is 9.51. The predicted octanol–water partition coefficient (Wildman–Crippen LogP) is -0.0236. The first-order valence-corrected chi connectivity index (χ1v) is 1.76. The fraction of sp³-hybridized carbons (Fsp3) is 1.00. The van der Waals surface area contributed by atoms with Crippen molar-refractivity contribution >= 4 is 12.4 Å². The topological polar surface area (TPSA) is 38.0 Å². The van der Waals surface area contributed by atoms with Crippen LogP contribution in [0.15, 0.2) is 0 Å². The van der Waals surface area contributed by atoms with Crippen LogP contribution in [0.4, 0.5) is 0 Å². The summed E-state index contributed by atoms with van der Waals surface area (Å²) < 4.78 is 34.3. The van der Waals surface area contributed by atoms with Gasteiger partial charge in [-0.05, 0) is 6.50 Å². The van der Waals surface area contributed by atoms with Gasteiger partial charge in [-0.2, -0.15) is 0 Å². The van der Waals surface area contributed by atoms with E-state index in [0.29, 0.717) is 0 Å². The highest BCUT2D eigenvalue weighted by atomic mass is 35.5. The summed E-state index contributed by atoms with van der Waals surface area (Å²) in [4.78, 5) is 0. The van der Waals surface area contributed by atoms with Crippen LogP contribution >= 0.6 is 12.4 Å². The lowest BCUT2D eigenvalue weighted by Crippen LogP contribution is -2.21. The highest BCUT2D eigenvalue weighted by Gasteiger charge is 1.71. The van der Waals surface area contributed by atoms with Gasteiger partial charge in [-0.1, -0.05) is 6.85 Å². The maximum absolute atomic E-state index is 7.02. The van der Waals surface area contributed by atoms with Crippen LogP contribution in [-0.4, -0.2) is 19.6 Å². The lowest BCUT2D eigenvalue weighted by molar-refractivity contribution is 0.725. The fourth-order valence-corrected chi connectivity index (χ4v) is 0.135. The number of hydrogen-bond acceptors (Lipinski definition) is 2.